The molecule has 2 aliphatic rings. The zero-order chi connectivity index (χ0) is 25.0. The number of anilines is 3. The van der Waals surface area contributed by atoms with Gasteiger partial charge < -0.3 is 25.8 Å². The van der Waals surface area contributed by atoms with Crippen LogP contribution in [0.25, 0.3) is 22.0 Å². The smallest absolute Gasteiger partial charge is 0.244 e. The maximum Gasteiger partial charge on any atom is 0.244 e. The van der Waals surface area contributed by atoms with Crippen molar-refractivity contribution < 1.29 is 14.6 Å². The molecule has 0 saturated carbocycles. The summed E-state index contributed by atoms with van der Waals surface area (Å²) in [6.45, 7) is 3.25. The Kier molecular flexibility index (Phi) is 5.22. The number of amides is 1. The molecule has 4 N–H and O–H groups in total. The first-order valence-corrected chi connectivity index (χ1v) is 11.8. The van der Waals surface area contributed by atoms with Crippen LogP contribution in [0.4, 0.5) is 17.5 Å². The van der Waals surface area contributed by atoms with Gasteiger partial charge in [0.1, 0.15) is 18.2 Å². The molecule has 6 rings (SSSR count). The summed E-state index contributed by atoms with van der Waals surface area (Å²) in [6.07, 6.45) is 4.02. The second-order valence-corrected chi connectivity index (χ2v) is 9.22. The van der Waals surface area contributed by atoms with Crippen molar-refractivity contribution in [3.63, 3.8) is 0 Å². The van der Waals surface area contributed by atoms with E-state index in [4.69, 9.17) is 10.5 Å². The zero-order valence-corrected chi connectivity index (χ0v) is 20.0. The Morgan fingerprint density at radius 2 is 2.06 bits per heavy atom. The molecule has 2 aliphatic heterocycles. The molecule has 6 heterocycles. The summed E-state index contributed by atoms with van der Waals surface area (Å²) in [5.74, 6) is 2.08. The third-order valence-electron chi connectivity index (χ3n) is 6.87. The molecule has 0 bridgehead atoms. The molecule has 0 saturated heterocycles. The van der Waals surface area contributed by atoms with Crippen LogP contribution in [0.2, 0.25) is 0 Å². The van der Waals surface area contributed by atoms with Crippen LogP contribution in [0.5, 0.6) is 5.88 Å². The van der Waals surface area contributed by atoms with Crippen LogP contribution >= 0.6 is 0 Å². The van der Waals surface area contributed by atoms with E-state index in [0.29, 0.717) is 54.2 Å². The fourth-order valence-electron chi connectivity index (χ4n) is 4.79. The van der Waals surface area contributed by atoms with Crippen molar-refractivity contribution >= 4 is 34.1 Å². The normalized spacial score (nSPS) is 17.4. The van der Waals surface area contributed by atoms with Gasteiger partial charge in [-0.3, -0.25) is 9.48 Å². The molecule has 11 heteroatoms. The van der Waals surface area contributed by atoms with E-state index < -0.39 is 6.10 Å². The van der Waals surface area contributed by atoms with Gasteiger partial charge in [0.2, 0.25) is 11.8 Å². The van der Waals surface area contributed by atoms with Crippen LogP contribution in [-0.2, 0) is 17.8 Å². The van der Waals surface area contributed by atoms with Gasteiger partial charge in [0.25, 0.3) is 0 Å². The highest BCUT2D eigenvalue weighted by atomic mass is 16.5. The molecular weight excluding hydrogens is 460 g/mol. The van der Waals surface area contributed by atoms with Gasteiger partial charge in [-0.25, -0.2) is 15.0 Å². The summed E-state index contributed by atoms with van der Waals surface area (Å²) in [4.78, 5) is 27.4. The standard InChI is InChI=1S/C25H26N8O3/c1-13-16(10-28-25-23(13)19(34)4-6-36-25)18-7-14-8-20(27-11-17(14)24(26)29-18)30-21-9-15-3-5-32(2)22(35)12-33(15)31-21/h7-11,19,34H,3-6,12H2,1-2H3,(H2,26,29)(H,27,30,31). The zero-order valence-electron chi connectivity index (χ0n) is 20.0. The molecular formula is C25H26N8O3. The molecule has 36 heavy (non-hydrogen) atoms. The molecule has 1 amide bonds. The molecule has 4 aromatic heterocycles. The lowest BCUT2D eigenvalue weighted by molar-refractivity contribution is -0.130. The van der Waals surface area contributed by atoms with Crippen LogP contribution in [0.3, 0.4) is 0 Å². The molecule has 0 aromatic carbocycles. The number of nitrogen functional groups attached to an aromatic ring is 1. The van der Waals surface area contributed by atoms with E-state index in [9.17, 15) is 9.90 Å². The van der Waals surface area contributed by atoms with Gasteiger partial charge in [-0.2, -0.15) is 5.10 Å². The van der Waals surface area contributed by atoms with E-state index in [0.717, 1.165) is 34.0 Å². The number of pyridine rings is 3. The van der Waals surface area contributed by atoms with E-state index in [2.05, 4.69) is 25.4 Å². The molecule has 0 spiro atoms. The Labute approximate surface area is 206 Å². The number of nitrogens with zero attached hydrogens (tertiary/aromatic N) is 6. The minimum absolute atomic E-state index is 0.0359. The number of aliphatic hydroxyl groups is 1. The first kappa shape index (κ1) is 22.2. The van der Waals surface area contributed by atoms with Crippen molar-refractivity contribution in [3.8, 4) is 17.1 Å². The second-order valence-electron chi connectivity index (χ2n) is 9.22. The third-order valence-corrected chi connectivity index (χ3v) is 6.87. The second kappa shape index (κ2) is 8.45. The van der Waals surface area contributed by atoms with Gasteiger partial charge in [0, 0.05) is 67.1 Å². The predicted octanol–water partition coefficient (Wildman–Crippen LogP) is 2.35. The highest BCUT2D eigenvalue weighted by Crippen LogP contribution is 2.38. The van der Waals surface area contributed by atoms with Crippen molar-refractivity contribution in [2.45, 2.75) is 32.4 Å². The Morgan fingerprint density at radius 3 is 2.92 bits per heavy atom. The summed E-state index contributed by atoms with van der Waals surface area (Å²) in [5, 5.41) is 19.9. The number of aliphatic hydroxyl groups excluding tert-OH is 1. The maximum atomic E-state index is 12.2. The minimum Gasteiger partial charge on any atom is -0.477 e. The fraction of sp³-hybridized carbons (Fsp3) is 0.320. The van der Waals surface area contributed by atoms with E-state index in [1.54, 1.807) is 29.0 Å². The molecule has 184 valence electrons. The molecule has 1 atom stereocenters. The molecule has 4 aromatic rings. The average Bonchev–Trinajstić information content (AvgIpc) is 3.17. The van der Waals surface area contributed by atoms with Gasteiger partial charge in [-0.05, 0) is 30.0 Å². The van der Waals surface area contributed by atoms with Crippen LogP contribution in [0.1, 0.15) is 29.3 Å². The quantitative estimate of drug-likeness (QED) is 0.397. The van der Waals surface area contributed by atoms with E-state index in [1.807, 2.05) is 25.1 Å². The van der Waals surface area contributed by atoms with Gasteiger partial charge in [0.05, 0.1) is 18.4 Å². The number of hydrogen-bond acceptors (Lipinski definition) is 9. The van der Waals surface area contributed by atoms with E-state index in [-0.39, 0.29) is 12.5 Å². The van der Waals surface area contributed by atoms with Crippen molar-refractivity contribution in [3.05, 3.63) is 47.4 Å². The van der Waals surface area contributed by atoms with Gasteiger partial charge in [-0.1, -0.05) is 0 Å². The summed E-state index contributed by atoms with van der Waals surface area (Å²) >= 11 is 0. The lowest BCUT2D eigenvalue weighted by Gasteiger charge is -2.24. The van der Waals surface area contributed by atoms with E-state index >= 15 is 0 Å². The summed E-state index contributed by atoms with van der Waals surface area (Å²) in [5.41, 5.74) is 10.3. The number of nitrogens with two attached hydrogens (primary N) is 1. The molecule has 0 fully saturated rings. The highest BCUT2D eigenvalue weighted by molar-refractivity contribution is 5.95. The number of fused-ring (bicyclic) bond motifs is 3. The van der Waals surface area contributed by atoms with Crippen LogP contribution in [0, 0.1) is 6.92 Å². The van der Waals surface area contributed by atoms with Crippen molar-refractivity contribution in [1.82, 2.24) is 29.6 Å². The largest absolute Gasteiger partial charge is 0.477 e. The van der Waals surface area contributed by atoms with Gasteiger partial charge in [0.15, 0.2) is 5.82 Å². The molecule has 0 radical (unpaired) electrons. The summed E-state index contributed by atoms with van der Waals surface area (Å²) in [6, 6.07) is 5.77. The monoisotopic (exact) mass is 486 g/mol. The maximum absolute atomic E-state index is 12.2. The Bertz CT molecular complexity index is 1520. The summed E-state index contributed by atoms with van der Waals surface area (Å²) < 4.78 is 7.35. The molecule has 1 unspecified atom stereocenters. The van der Waals surface area contributed by atoms with Crippen LogP contribution in [-0.4, -0.2) is 60.8 Å². The number of carbonyl (C=O) groups excluding carboxylic acids is 1. The van der Waals surface area contributed by atoms with Gasteiger partial charge in [-0.15, -0.1) is 0 Å². The van der Waals surface area contributed by atoms with Crippen LogP contribution < -0.4 is 15.8 Å². The topological polar surface area (TPSA) is 144 Å². The van der Waals surface area contributed by atoms with E-state index in [1.165, 1.54) is 0 Å². The average molecular weight is 487 g/mol. The lowest BCUT2D eigenvalue weighted by atomic mass is 9.95. The first-order chi connectivity index (χ1) is 17.4. The Hall–Kier alpha value is -4.25. The number of likely N-dealkylation sites (N-methyl/N-ethyl adjacent to an activating group) is 1. The predicted molar refractivity (Wildman–Crippen MR) is 134 cm³/mol. The number of rotatable bonds is 3. The number of nitrogens with one attached hydrogen (secondary N) is 1. The number of hydrogen-bond donors (Lipinski definition) is 3. The SMILES string of the molecule is Cc1c(-c2cc3cc(Nc4cc5n(n4)CC(=O)N(C)CC5)ncc3c(N)n2)cnc2c1C(O)CCO2. The van der Waals surface area contributed by atoms with Crippen molar-refractivity contribution in [1.29, 1.82) is 0 Å². The number of aromatic nitrogens is 5. The third kappa shape index (κ3) is 3.77. The Balaban J connectivity index is 1.34. The minimum atomic E-state index is -0.625. The van der Waals surface area contributed by atoms with Crippen LogP contribution in [0.15, 0.2) is 30.6 Å². The number of carbonyl (C=O) groups is 1. The highest BCUT2D eigenvalue weighted by Gasteiger charge is 2.25. The lowest BCUT2D eigenvalue weighted by Crippen LogP contribution is -2.29. The molecule has 0 aliphatic carbocycles. The number of ether oxygens (including phenoxy) is 1. The summed E-state index contributed by atoms with van der Waals surface area (Å²) in [7, 11) is 1.80. The van der Waals surface area contributed by atoms with Gasteiger partial charge >= 0.3 is 0 Å². The molecule has 11 nitrogen and oxygen atoms in total. The van der Waals surface area contributed by atoms with Crippen molar-refractivity contribution in [2.75, 3.05) is 31.2 Å². The van der Waals surface area contributed by atoms with Crippen molar-refractivity contribution in [2.24, 2.45) is 0 Å². The first-order valence-electron chi connectivity index (χ1n) is 11.8. The Morgan fingerprint density at radius 1 is 1.19 bits per heavy atom. The fourth-order valence-corrected chi connectivity index (χ4v) is 4.79.